The summed E-state index contributed by atoms with van der Waals surface area (Å²) in [5.41, 5.74) is 6.27. The molecule has 0 aliphatic heterocycles. The maximum Gasteiger partial charge on any atom is 0.478 e. The summed E-state index contributed by atoms with van der Waals surface area (Å²) in [6.07, 6.45) is 1.64. The predicted octanol–water partition coefficient (Wildman–Crippen LogP) is -1.32. The standard InChI is InChI=1S/C22H30N4O8.H4O7P2/c1-11-20(33)15(13(9-27)6-24-11)3-17(23)22(5-18(29)30,26-8-19(31)32)4-16-14(10-28)7-25-12(2)21(16)34;1-8(2,3)7-9(4,5)6/h6-7,17,26-28,33-34H,3-5,8-10,23H2,1-2H3,(H,29,30)(H,31,32);(H2,1,2,3)(H2,4,5,6). The molecule has 2 heterocycles. The number of hydrogen-bond acceptors (Lipinski definition) is 13. The molecule has 0 bridgehead atoms. The van der Waals surface area contributed by atoms with Crippen molar-refractivity contribution in [3.05, 3.63) is 46.0 Å². The fourth-order valence-corrected chi connectivity index (χ4v) is 5.15. The Hall–Kier alpha value is -3.06. The van der Waals surface area contributed by atoms with Gasteiger partial charge < -0.3 is 55.9 Å². The van der Waals surface area contributed by atoms with Crippen molar-refractivity contribution in [3.8, 4) is 11.5 Å². The number of aliphatic hydroxyl groups is 2. The van der Waals surface area contributed by atoms with Gasteiger partial charge in [0.15, 0.2) is 0 Å². The minimum atomic E-state index is -5.05. The van der Waals surface area contributed by atoms with E-state index >= 15 is 0 Å². The van der Waals surface area contributed by atoms with E-state index in [1.807, 2.05) is 0 Å². The van der Waals surface area contributed by atoms with Crippen LogP contribution in [0, 0.1) is 13.8 Å². The average Bonchev–Trinajstić information content (AvgIpc) is 2.86. The third-order valence-electron chi connectivity index (χ3n) is 6.10. The van der Waals surface area contributed by atoms with Gasteiger partial charge in [0.2, 0.25) is 0 Å². The summed E-state index contributed by atoms with van der Waals surface area (Å²) < 4.78 is 22.2. The van der Waals surface area contributed by atoms with Crippen molar-refractivity contribution in [2.24, 2.45) is 5.73 Å². The molecule has 2 aromatic heterocycles. The third kappa shape index (κ3) is 11.9. The molecule has 0 aliphatic rings. The first-order valence-corrected chi connectivity index (χ1v) is 15.0. The Morgan fingerprint density at radius 1 is 0.907 bits per heavy atom. The van der Waals surface area contributed by atoms with Gasteiger partial charge in [-0.05, 0) is 26.7 Å². The number of nitrogens with two attached hydrogens (primary N) is 1. The van der Waals surface area contributed by atoms with Gasteiger partial charge >= 0.3 is 27.6 Å². The molecule has 0 spiro atoms. The molecule has 43 heavy (non-hydrogen) atoms. The fraction of sp³-hybridized carbons (Fsp3) is 0.455. The summed E-state index contributed by atoms with van der Waals surface area (Å²) in [4.78, 5) is 62.3. The minimum Gasteiger partial charge on any atom is -0.506 e. The summed E-state index contributed by atoms with van der Waals surface area (Å²) >= 11 is 0. The van der Waals surface area contributed by atoms with Crippen LogP contribution in [-0.2, 0) is 49.1 Å². The molecule has 2 unspecified atom stereocenters. The molecular formula is C22H34N4O15P2. The van der Waals surface area contributed by atoms with Gasteiger partial charge in [0.1, 0.15) is 11.5 Å². The molecule has 0 amide bonds. The Morgan fingerprint density at radius 2 is 1.35 bits per heavy atom. The lowest BCUT2D eigenvalue weighted by atomic mass is 9.77. The number of aryl methyl sites for hydroxylation is 2. The second-order valence-corrected chi connectivity index (χ2v) is 11.8. The summed E-state index contributed by atoms with van der Waals surface area (Å²) in [5, 5.41) is 62.3. The molecule has 19 nitrogen and oxygen atoms in total. The van der Waals surface area contributed by atoms with Crippen molar-refractivity contribution < 1.29 is 73.2 Å². The fourth-order valence-electron chi connectivity index (χ4n) is 4.04. The van der Waals surface area contributed by atoms with Gasteiger partial charge in [0.05, 0.1) is 37.6 Å². The predicted molar refractivity (Wildman–Crippen MR) is 144 cm³/mol. The molecule has 0 saturated heterocycles. The highest BCUT2D eigenvalue weighted by Gasteiger charge is 2.41. The average molecular weight is 656 g/mol. The number of carbonyl (C=O) groups is 2. The van der Waals surface area contributed by atoms with Crippen molar-refractivity contribution in [2.45, 2.75) is 57.9 Å². The number of aliphatic hydroxyl groups excluding tert-OH is 2. The number of pyridine rings is 2. The van der Waals surface area contributed by atoms with Gasteiger partial charge in [-0.3, -0.25) is 24.9 Å². The maximum absolute atomic E-state index is 11.9. The number of hydrogen-bond donors (Lipinski definition) is 12. The summed E-state index contributed by atoms with van der Waals surface area (Å²) in [5.74, 6) is -3.05. The number of aromatic hydroxyl groups is 2. The van der Waals surface area contributed by atoms with Crippen LogP contribution in [0.15, 0.2) is 12.4 Å². The highest BCUT2D eigenvalue weighted by atomic mass is 31.3. The monoisotopic (exact) mass is 656 g/mol. The van der Waals surface area contributed by atoms with Crippen LogP contribution in [-0.4, -0.2) is 90.2 Å². The quantitative estimate of drug-likeness (QED) is 0.105. The number of aromatic nitrogens is 2. The first-order chi connectivity index (χ1) is 19.7. The van der Waals surface area contributed by atoms with Crippen LogP contribution in [0.5, 0.6) is 11.5 Å². The lowest BCUT2D eigenvalue weighted by Gasteiger charge is -2.40. The lowest BCUT2D eigenvalue weighted by Crippen LogP contribution is -2.62. The van der Waals surface area contributed by atoms with Gasteiger partial charge in [-0.2, -0.15) is 4.31 Å². The molecule has 0 saturated carbocycles. The van der Waals surface area contributed by atoms with Crippen LogP contribution in [0.2, 0.25) is 0 Å². The lowest BCUT2D eigenvalue weighted by molar-refractivity contribution is -0.141. The topological polar surface area (TPSA) is 344 Å². The number of carboxylic acids is 2. The number of aliphatic carboxylic acids is 2. The largest absolute Gasteiger partial charge is 0.506 e. The number of nitrogens with zero attached hydrogens (tertiary/aromatic N) is 2. The van der Waals surface area contributed by atoms with E-state index in [0.29, 0.717) is 0 Å². The molecule has 21 heteroatoms. The highest BCUT2D eigenvalue weighted by Crippen LogP contribution is 2.53. The molecule has 2 atom stereocenters. The number of phosphoric acid groups is 2. The third-order valence-corrected chi connectivity index (χ3v) is 7.80. The molecule has 0 aliphatic carbocycles. The summed E-state index contributed by atoms with van der Waals surface area (Å²) in [7, 11) is -10.1. The maximum atomic E-state index is 11.9. The van der Waals surface area contributed by atoms with E-state index in [4.69, 9.17) is 25.3 Å². The smallest absolute Gasteiger partial charge is 0.478 e. The van der Waals surface area contributed by atoms with Crippen molar-refractivity contribution in [1.29, 1.82) is 0 Å². The van der Waals surface area contributed by atoms with Crippen molar-refractivity contribution in [2.75, 3.05) is 6.54 Å². The van der Waals surface area contributed by atoms with Crippen LogP contribution in [0.3, 0.4) is 0 Å². The van der Waals surface area contributed by atoms with E-state index in [1.54, 1.807) is 6.92 Å². The Morgan fingerprint density at radius 3 is 1.72 bits per heavy atom. The van der Waals surface area contributed by atoms with E-state index in [1.165, 1.54) is 19.3 Å². The SMILES string of the molecule is Cc1ncc(CO)c(CC(N)C(CC(=O)O)(Cc2c(CO)cnc(C)c2O)NCC(=O)O)c1O.O=P(O)(O)OP(=O)(O)O. The Balaban J connectivity index is 0.000000887. The van der Waals surface area contributed by atoms with Crippen LogP contribution in [0.4, 0.5) is 0 Å². The zero-order valence-corrected chi connectivity index (χ0v) is 24.6. The summed E-state index contributed by atoms with van der Waals surface area (Å²) in [6, 6.07) is -1.12. The van der Waals surface area contributed by atoms with Crippen molar-refractivity contribution in [1.82, 2.24) is 15.3 Å². The molecule has 2 aromatic rings. The Bertz CT molecular complexity index is 1380. The highest BCUT2D eigenvalue weighted by molar-refractivity contribution is 7.60. The molecule has 0 fully saturated rings. The van der Waals surface area contributed by atoms with Crippen LogP contribution < -0.4 is 11.1 Å². The van der Waals surface area contributed by atoms with E-state index in [9.17, 15) is 49.4 Å². The van der Waals surface area contributed by atoms with Crippen LogP contribution in [0.1, 0.15) is 40.1 Å². The second-order valence-electron chi connectivity index (χ2n) is 9.23. The first-order valence-electron chi connectivity index (χ1n) is 12.0. The number of carboxylic acid groups (broad SMARTS) is 2. The molecule has 242 valence electrons. The van der Waals surface area contributed by atoms with E-state index in [-0.39, 0.29) is 58.0 Å². The van der Waals surface area contributed by atoms with Gasteiger partial charge in [0, 0.05) is 46.2 Å². The first kappa shape index (κ1) is 38.0. The van der Waals surface area contributed by atoms with E-state index < -0.39 is 65.3 Å². The van der Waals surface area contributed by atoms with Crippen molar-refractivity contribution >= 4 is 27.6 Å². The molecule has 2 rings (SSSR count). The number of rotatable bonds is 14. The van der Waals surface area contributed by atoms with Gasteiger partial charge in [-0.1, -0.05) is 0 Å². The van der Waals surface area contributed by atoms with Gasteiger partial charge in [-0.25, -0.2) is 9.13 Å². The second kappa shape index (κ2) is 15.6. The van der Waals surface area contributed by atoms with Gasteiger partial charge in [0.25, 0.3) is 0 Å². The van der Waals surface area contributed by atoms with Crippen molar-refractivity contribution in [3.63, 3.8) is 0 Å². The normalized spacial score (nSPS) is 13.9. The minimum absolute atomic E-state index is 0.149. The van der Waals surface area contributed by atoms with E-state index in [2.05, 4.69) is 19.6 Å². The number of nitrogens with one attached hydrogen (secondary N) is 1. The molecular weight excluding hydrogens is 622 g/mol. The molecule has 0 radical (unpaired) electrons. The molecule has 0 aromatic carbocycles. The summed E-state index contributed by atoms with van der Waals surface area (Å²) in [6.45, 7) is 1.45. The Labute approximate surface area is 244 Å². The zero-order valence-electron chi connectivity index (χ0n) is 22.9. The van der Waals surface area contributed by atoms with Gasteiger partial charge in [-0.15, -0.1) is 0 Å². The van der Waals surface area contributed by atoms with Crippen LogP contribution >= 0.6 is 15.6 Å². The molecule has 13 N–H and O–H groups in total. The van der Waals surface area contributed by atoms with E-state index in [0.717, 1.165) is 0 Å². The Kier molecular flexibility index (Phi) is 13.8. The zero-order chi connectivity index (χ0) is 33.3. The van der Waals surface area contributed by atoms with Crippen LogP contribution in [0.25, 0.3) is 0 Å².